The number of aliphatic hydroxyl groups excluding tert-OH is 2. The van der Waals surface area contributed by atoms with Gasteiger partial charge in [-0.2, -0.15) is 0 Å². The lowest BCUT2D eigenvalue weighted by atomic mass is 10.1. The van der Waals surface area contributed by atoms with Crippen LogP contribution in [0.5, 0.6) is 0 Å². The molecule has 12 heteroatoms. The van der Waals surface area contributed by atoms with E-state index in [1.165, 1.54) is 28.5 Å². The molecular formula is C18H31N5O6S. The predicted molar refractivity (Wildman–Crippen MR) is 110 cm³/mol. The highest BCUT2D eigenvalue weighted by molar-refractivity contribution is 8.00. The Kier molecular flexibility index (Phi) is 7.72. The summed E-state index contributed by atoms with van der Waals surface area (Å²) in [5.74, 6) is -2.11. The number of primary amides is 1. The highest BCUT2D eigenvalue weighted by Crippen LogP contribution is 2.40. The molecule has 0 saturated carbocycles. The molecule has 2 saturated heterocycles. The minimum Gasteiger partial charge on any atom is -0.394 e. The second-order valence-corrected chi connectivity index (χ2v) is 9.71. The van der Waals surface area contributed by atoms with Crippen LogP contribution in [0.2, 0.25) is 0 Å². The smallest absolute Gasteiger partial charge is 0.247 e. The number of hydrogen-bond acceptors (Lipinski definition) is 8. The summed E-state index contributed by atoms with van der Waals surface area (Å²) in [4.78, 5) is 52.4. The maximum absolute atomic E-state index is 13.5. The lowest BCUT2D eigenvalue weighted by Gasteiger charge is -2.38. The van der Waals surface area contributed by atoms with Gasteiger partial charge in [-0.1, -0.05) is 0 Å². The summed E-state index contributed by atoms with van der Waals surface area (Å²) in [5.41, 5.74) is 10.9. The second-order valence-electron chi connectivity index (χ2n) is 8.09. The Bertz CT molecular complexity index is 703. The first-order chi connectivity index (χ1) is 13.9. The zero-order valence-corrected chi connectivity index (χ0v) is 18.2. The van der Waals surface area contributed by atoms with Gasteiger partial charge in [-0.25, -0.2) is 0 Å². The van der Waals surface area contributed by atoms with Crippen LogP contribution in [-0.4, -0.2) is 97.7 Å². The third-order valence-corrected chi connectivity index (χ3v) is 6.83. The quantitative estimate of drug-likeness (QED) is 0.281. The number of nitrogens with one attached hydrogen (secondary N) is 1. The minimum absolute atomic E-state index is 0.284. The van der Waals surface area contributed by atoms with Crippen molar-refractivity contribution < 1.29 is 29.4 Å². The van der Waals surface area contributed by atoms with E-state index in [2.05, 4.69) is 5.32 Å². The van der Waals surface area contributed by atoms with Crippen LogP contribution in [0, 0.1) is 0 Å². The van der Waals surface area contributed by atoms with Crippen molar-refractivity contribution in [3.05, 3.63) is 0 Å². The van der Waals surface area contributed by atoms with Gasteiger partial charge in [0.2, 0.25) is 23.6 Å². The molecule has 11 nitrogen and oxygen atoms in total. The van der Waals surface area contributed by atoms with Crippen molar-refractivity contribution in [2.75, 3.05) is 18.9 Å². The summed E-state index contributed by atoms with van der Waals surface area (Å²) in [6.45, 7) is 4.73. The van der Waals surface area contributed by atoms with Gasteiger partial charge >= 0.3 is 0 Å². The first-order valence-electron chi connectivity index (χ1n) is 9.84. The molecule has 2 fully saturated rings. The van der Waals surface area contributed by atoms with E-state index >= 15 is 0 Å². The lowest BCUT2D eigenvalue weighted by molar-refractivity contribution is -0.150. The number of carbonyl (C=O) groups excluding carboxylic acids is 4. The fourth-order valence-corrected chi connectivity index (χ4v) is 5.05. The van der Waals surface area contributed by atoms with Gasteiger partial charge in [0.15, 0.2) is 0 Å². The van der Waals surface area contributed by atoms with Crippen LogP contribution >= 0.6 is 11.8 Å². The second kappa shape index (κ2) is 9.50. The Labute approximate surface area is 179 Å². The highest BCUT2D eigenvalue weighted by Gasteiger charge is 2.50. The van der Waals surface area contributed by atoms with Crippen LogP contribution in [0.4, 0.5) is 0 Å². The van der Waals surface area contributed by atoms with Crippen LogP contribution in [-0.2, 0) is 19.2 Å². The Hall–Kier alpha value is -1.89. The first kappa shape index (κ1) is 24.4. The zero-order valence-electron chi connectivity index (χ0n) is 17.4. The summed E-state index contributed by atoms with van der Waals surface area (Å²) in [6.07, 6.45) is -0.170. The number of likely N-dealkylation sites (tertiary alicyclic amines) is 1. The summed E-state index contributed by atoms with van der Waals surface area (Å²) in [5, 5.41) is 21.3. The Morgan fingerprint density at radius 2 is 1.90 bits per heavy atom. The van der Waals surface area contributed by atoms with Crippen molar-refractivity contribution in [3.63, 3.8) is 0 Å². The molecule has 5 atom stereocenters. The van der Waals surface area contributed by atoms with Crippen LogP contribution in [0.3, 0.4) is 0 Å². The van der Waals surface area contributed by atoms with E-state index in [4.69, 9.17) is 11.5 Å². The molecular weight excluding hydrogens is 414 g/mol. The number of rotatable bonds is 7. The minimum atomic E-state index is -1.28. The van der Waals surface area contributed by atoms with Gasteiger partial charge in [0.25, 0.3) is 0 Å². The van der Waals surface area contributed by atoms with Gasteiger partial charge < -0.3 is 36.8 Å². The number of aliphatic hydroxyl groups is 2. The number of nitrogens with two attached hydrogens (primary N) is 2. The third kappa shape index (κ3) is 4.88. The number of amides is 4. The van der Waals surface area contributed by atoms with Crippen molar-refractivity contribution in [2.24, 2.45) is 11.5 Å². The molecule has 2 heterocycles. The lowest BCUT2D eigenvalue weighted by Crippen LogP contribution is -2.61. The highest BCUT2D eigenvalue weighted by atomic mass is 32.2. The zero-order chi connectivity index (χ0) is 22.8. The molecule has 2 aliphatic heterocycles. The molecule has 0 aromatic rings. The number of thioether (sulfide) groups is 1. The van der Waals surface area contributed by atoms with E-state index < -0.39 is 65.4 Å². The SMILES string of the molecule is C[C@@H](O)[C@H](NC(=O)[C@@H]1CSC(C)(C)N1C(=O)[C@@H]1CCCN1C(=O)[C@@H](N)CO)C(N)=O. The van der Waals surface area contributed by atoms with Gasteiger partial charge in [0, 0.05) is 12.3 Å². The van der Waals surface area contributed by atoms with E-state index in [1.807, 2.05) is 0 Å². The molecule has 0 radical (unpaired) electrons. The van der Waals surface area contributed by atoms with Crippen molar-refractivity contribution in [1.29, 1.82) is 0 Å². The third-order valence-electron chi connectivity index (χ3n) is 5.45. The Morgan fingerprint density at radius 1 is 1.27 bits per heavy atom. The van der Waals surface area contributed by atoms with Gasteiger partial charge in [-0.3, -0.25) is 19.2 Å². The molecule has 0 bridgehead atoms. The fraction of sp³-hybridized carbons (Fsp3) is 0.778. The van der Waals surface area contributed by atoms with Crippen molar-refractivity contribution in [3.8, 4) is 0 Å². The van der Waals surface area contributed by atoms with Gasteiger partial charge in [-0.05, 0) is 33.6 Å². The normalized spacial score (nSPS) is 26.2. The predicted octanol–water partition coefficient (Wildman–Crippen LogP) is -2.67. The molecule has 0 spiro atoms. The van der Waals surface area contributed by atoms with Crippen LogP contribution < -0.4 is 16.8 Å². The standard InChI is InChI=1S/C18H31N5O6S/c1-9(25)13(14(20)26)21-15(27)12-8-30-18(2,3)23(12)17(29)11-5-4-6-22(11)16(28)10(19)7-24/h9-13,24-25H,4-8,19H2,1-3H3,(H2,20,26)(H,21,27)/t9-,10+,11+,12+,13+/m1/s1. The molecule has 0 unspecified atom stereocenters. The Balaban J connectivity index is 2.25. The van der Waals surface area contributed by atoms with Crippen molar-refractivity contribution >= 4 is 35.4 Å². The average Bonchev–Trinajstić information content (AvgIpc) is 3.27. The number of nitrogens with zero attached hydrogens (tertiary/aromatic N) is 2. The molecule has 170 valence electrons. The van der Waals surface area contributed by atoms with Crippen LogP contribution in [0.25, 0.3) is 0 Å². The summed E-state index contributed by atoms with van der Waals surface area (Å²) in [6, 6.07) is -4.08. The molecule has 2 rings (SSSR count). The average molecular weight is 446 g/mol. The number of hydrogen-bond donors (Lipinski definition) is 5. The topological polar surface area (TPSA) is 179 Å². The Morgan fingerprint density at radius 3 is 2.43 bits per heavy atom. The van der Waals surface area contributed by atoms with Gasteiger partial charge in [0.05, 0.1) is 17.6 Å². The number of carbonyl (C=O) groups is 4. The van der Waals surface area contributed by atoms with E-state index in [1.54, 1.807) is 13.8 Å². The molecule has 0 aliphatic carbocycles. The largest absolute Gasteiger partial charge is 0.394 e. The van der Waals surface area contributed by atoms with Crippen molar-refractivity contribution in [2.45, 2.75) is 68.8 Å². The van der Waals surface area contributed by atoms with Crippen molar-refractivity contribution in [1.82, 2.24) is 15.1 Å². The summed E-state index contributed by atoms with van der Waals surface area (Å²) >= 11 is 1.39. The van der Waals surface area contributed by atoms with Gasteiger partial charge in [-0.15, -0.1) is 11.8 Å². The maximum atomic E-state index is 13.5. The molecule has 4 amide bonds. The van der Waals surface area contributed by atoms with E-state index in [-0.39, 0.29) is 5.75 Å². The first-order valence-corrected chi connectivity index (χ1v) is 10.8. The van der Waals surface area contributed by atoms with E-state index in [0.29, 0.717) is 19.4 Å². The van der Waals surface area contributed by atoms with Gasteiger partial charge in [0.1, 0.15) is 24.2 Å². The fourth-order valence-electron chi connectivity index (χ4n) is 3.83. The summed E-state index contributed by atoms with van der Waals surface area (Å²) < 4.78 is 0. The molecule has 7 N–H and O–H groups in total. The van der Waals surface area contributed by atoms with E-state index in [0.717, 1.165) is 0 Å². The van der Waals surface area contributed by atoms with E-state index in [9.17, 15) is 29.4 Å². The molecule has 0 aromatic carbocycles. The van der Waals surface area contributed by atoms with Crippen LogP contribution in [0.15, 0.2) is 0 Å². The maximum Gasteiger partial charge on any atom is 0.247 e. The molecule has 0 aromatic heterocycles. The summed E-state index contributed by atoms with van der Waals surface area (Å²) in [7, 11) is 0. The molecule has 2 aliphatic rings. The molecule has 30 heavy (non-hydrogen) atoms. The van der Waals surface area contributed by atoms with Crippen LogP contribution in [0.1, 0.15) is 33.6 Å². The monoisotopic (exact) mass is 445 g/mol.